The lowest BCUT2D eigenvalue weighted by Gasteiger charge is -2.32. The summed E-state index contributed by atoms with van der Waals surface area (Å²) >= 11 is 6.37. The van der Waals surface area contributed by atoms with Crippen molar-refractivity contribution in [2.24, 2.45) is 5.92 Å². The molecular formula is C24H23ClN2O4. The van der Waals surface area contributed by atoms with Gasteiger partial charge in [-0.15, -0.1) is 0 Å². The molecule has 1 aromatic heterocycles. The Hall–Kier alpha value is -3.12. The fraction of sp³-hybridized carbons (Fsp3) is 0.292. The molecule has 1 unspecified atom stereocenters. The van der Waals surface area contributed by atoms with Crippen molar-refractivity contribution in [2.45, 2.75) is 25.9 Å². The Kier molecular flexibility index (Phi) is 6.09. The van der Waals surface area contributed by atoms with E-state index in [1.54, 1.807) is 24.1 Å². The van der Waals surface area contributed by atoms with E-state index in [0.717, 1.165) is 22.0 Å². The van der Waals surface area contributed by atoms with E-state index in [1.165, 1.54) is 0 Å². The minimum Gasteiger partial charge on any atom is -0.481 e. The number of carboxylic acid groups (broad SMARTS) is 1. The van der Waals surface area contributed by atoms with Crippen LogP contribution >= 0.6 is 11.6 Å². The lowest BCUT2D eigenvalue weighted by atomic mass is 9.98. The Morgan fingerprint density at radius 2 is 2.00 bits per heavy atom. The summed E-state index contributed by atoms with van der Waals surface area (Å²) in [5.74, 6) is -1.05. The van der Waals surface area contributed by atoms with E-state index in [1.807, 2.05) is 42.5 Å². The van der Waals surface area contributed by atoms with Gasteiger partial charge in [0.25, 0.3) is 5.91 Å². The number of ether oxygens (including phenoxy) is 1. The number of benzene rings is 2. The third kappa shape index (κ3) is 4.49. The van der Waals surface area contributed by atoms with Crippen LogP contribution in [0.5, 0.6) is 5.75 Å². The van der Waals surface area contributed by atoms with E-state index in [-0.39, 0.29) is 12.5 Å². The van der Waals surface area contributed by atoms with Crippen LogP contribution in [0.1, 0.15) is 19.8 Å². The number of amides is 1. The van der Waals surface area contributed by atoms with Gasteiger partial charge in [0, 0.05) is 41.3 Å². The Bertz CT molecular complexity index is 1130. The molecule has 7 heteroatoms. The number of halogens is 1. The molecule has 0 spiro atoms. The van der Waals surface area contributed by atoms with Crippen LogP contribution in [-0.2, 0) is 9.59 Å². The summed E-state index contributed by atoms with van der Waals surface area (Å²) in [6.07, 6.45) is 2.27. The molecule has 1 amide bonds. The van der Waals surface area contributed by atoms with Gasteiger partial charge in [-0.2, -0.15) is 0 Å². The molecule has 0 saturated carbocycles. The zero-order chi connectivity index (χ0) is 22.0. The Morgan fingerprint density at radius 3 is 2.77 bits per heavy atom. The lowest BCUT2D eigenvalue weighted by molar-refractivity contribution is -0.147. The van der Waals surface area contributed by atoms with E-state index in [4.69, 9.17) is 16.3 Å². The van der Waals surface area contributed by atoms with E-state index in [9.17, 15) is 14.7 Å². The van der Waals surface area contributed by atoms with Gasteiger partial charge in [0.2, 0.25) is 0 Å². The number of piperidine rings is 1. The van der Waals surface area contributed by atoms with Gasteiger partial charge in [-0.1, -0.05) is 29.8 Å². The van der Waals surface area contributed by atoms with E-state index < -0.39 is 18.0 Å². The van der Waals surface area contributed by atoms with Crippen molar-refractivity contribution < 1.29 is 19.4 Å². The molecule has 3 aromatic rings. The number of pyridine rings is 1. The normalized spacial score (nSPS) is 17.4. The first kappa shape index (κ1) is 21.1. The van der Waals surface area contributed by atoms with Gasteiger partial charge in [-0.25, -0.2) is 0 Å². The van der Waals surface area contributed by atoms with Crippen molar-refractivity contribution in [1.82, 2.24) is 9.88 Å². The molecule has 2 atom stereocenters. The summed E-state index contributed by atoms with van der Waals surface area (Å²) in [7, 11) is 0. The maximum atomic E-state index is 12.8. The first-order valence-electron chi connectivity index (χ1n) is 10.3. The quantitative estimate of drug-likeness (QED) is 0.627. The first-order valence-corrected chi connectivity index (χ1v) is 10.6. The predicted molar refractivity (Wildman–Crippen MR) is 119 cm³/mol. The fourth-order valence-corrected chi connectivity index (χ4v) is 4.24. The molecule has 4 rings (SSSR count). The molecule has 0 aliphatic carbocycles. The highest BCUT2D eigenvalue weighted by Crippen LogP contribution is 2.34. The van der Waals surface area contributed by atoms with Crippen LogP contribution in [0.25, 0.3) is 22.0 Å². The number of hydrogen-bond acceptors (Lipinski definition) is 4. The highest BCUT2D eigenvalue weighted by molar-refractivity contribution is 6.33. The largest absolute Gasteiger partial charge is 0.481 e. The minimum atomic E-state index is -0.860. The summed E-state index contributed by atoms with van der Waals surface area (Å²) in [5.41, 5.74) is 2.63. The number of carbonyl (C=O) groups is 2. The van der Waals surface area contributed by atoms with Gasteiger partial charge < -0.3 is 14.7 Å². The van der Waals surface area contributed by atoms with E-state index >= 15 is 0 Å². The van der Waals surface area contributed by atoms with Gasteiger partial charge in [0.15, 0.2) is 6.10 Å². The third-order valence-corrected chi connectivity index (χ3v) is 5.95. The predicted octanol–water partition coefficient (Wildman–Crippen LogP) is 4.65. The summed E-state index contributed by atoms with van der Waals surface area (Å²) in [6.45, 7) is 2.46. The third-order valence-electron chi connectivity index (χ3n) is 5.62. The van der Waals surface area contributed by atoms with Gasteiger partial charge in [0.1, 0.15) is 5.75 Å². The minimum absolute atomic E-state index is 0.205. The molecule has 2 aromatic carbocycles. The average Bonchev–Trinajstić information content (AvgIpc) is 2.78. The van der Waals surface area contributed by atoms with Crippen molar-refractivity contribution in [2.75, 3.05) is 13.1 Å². The van der Waals surface area contributed by atoms with Crippen LogP contribution in [0.3, 0.4) is 0 Å². The monoisotopic (exact) mass is 438 g/mol. The summed E-state index contributed by atoms with van der Waals surface area (Å²) < 4.78 is 5.90. The first-order chi connectivity index (χ1) is 14.9. The fourth-order valence-electron chi connectivity index (χ4n) is 4.01. The number of likely N-dealkylation sites (tertiary alicyclic amines) is 1. The molecule has 0 bridgehead atoms. The van der Waals surface area contributed by atoms with Crippen LogP contribution in [-0.4, -0.2) is 46.1 Å². The van der Waals surface area contributed by atoms with Gasteiger partial charge in [0.05, 0.1) is 11.4 Å². The van der Waals surface area contributed by atoms with Crippen molar-refractivity contribution in [3.63, 3.8) is 0 Å². The summed E-state index contributed by atoms with van der Waals surface area (Å²) in [5, 5.41) is 10.8. The highest BCUT2D eigenvalue weighted by Gasteiger charge is 2.31. The number of aliphatic carboxylic acids is 1. The van der Waals surface area contributed by atoms with Crippen molar-refractivity contribution in [3.8, 4) is 16.9 Å². The Labute approximate surface area is 185 Å². The molecule has 1 fully saturated rings. The number of fused-ring (bicyclic) bond motifs is 1. The van der Waals surface area contributed by atoms with Crippen LogP contribution in [0.4, 0.5) is 0 Å². The van der Waals surface area contributed by atoms with Crippen molar-refractivity contribution in [3.05, 3.63) is 59.8 Å². The van der Waals surface area contributed by atoms with Crippen LogP contribution in [0.15, 0.2) is 54.7 Å². The molecule has 1 aliphatic rings. The number of aromatic nitrogens is 1. The maximum absolute atomic E-state index is 12.8. The molecular weight excluding hydrogens is 416 g/mol. The van der Waals surface area contributed by atoms with Gasteiger partial charge in [-0.05, 0) is 49.6 Å². The smallest absolute Gasteiger partial charge is 0.308 e. The highest BCUT2D eigenvalue weighted by atomic mass is 35.5. The number of nitrogens with zero attached hydrogens (tertiary/aromatic N) is 2. The Morgan fingerprint density at radius 1 is 1.19 bits per heavy atom. The van der Waals surface area contributed by atoms with Crippen LogP contribution in [0, 0.1) is 5.92 Å². The van der Waals surface area contributed by atoms with Crippen LogP contribution in [0.2, 0.25) is 5.02 Å². The van der Waals surface area contributed by atoms with E-state index in [2.05, 4.69) is 4.98 Å². The molecule has 160 valence electrons. The number of carbonyl (C=O) groups excluding carboxylic acids is 1. The van der Waals surface area contributed by atoms with Gasteiger partial charge in [-0.3, -0.25) is 14.6 Å². The molecule has 1 aliphatic heterocycles. The topological polar surface area (TPSA) is 79.7 Å². The summed E-state index contributed by atoms with van der Waals surface area (Å²) in [4.78, 5) is 30.1. The second-order valence-electron chi connectivity index (χ2n) is 7.74. The number of carboxylic acids is 1. The molecule has 0 radical (unpaired) electrons. The van der Waals surface area contributed by atoms with Crippen molar-refractivity contribution >= 4 is 34.4 Å². The zero-order valence-electron chi connectivity index (χ0n) is 17.1. The standard InChI is InChI=1S/C24H23ClN2O4/c1-15(23(28)27-12-4-5-16(14-27)24(29)30)31-17-8-9-20-18(10-11-26-22(20)13-17)19-6-2-3-7-21(19)25/h2-3,6-11,13,15-16H,4-5,12,14H2,1H3,(H,29,30)/t15?,16-/m0/s1. The molecule has 1 N–H and O–H groups in total. The SMILES string of the molecule is CC(Oc1ccc2c(-c3ccccc3Cl)ccnc2c1)C(=O)N1CCC[C@H](C(=O)O)C1. The molecule has 6 nitrogen and oxygen atoms in total. The van der Waals surface area contributed by atoms with Crippen LogP contribution < -0.4 is 4.74 Å². The average molecular weight is 439 g/mol. The van der Waals surface area contributed by atoms with E-state index in [0.29, 0.717) is 30.2 Å². The van der Waals surface area contributed by atoms with Crippen molar-refractivity contribution in [1.29, 1.82) is 0 Å². The number of rotatable bonds is 5. The lowest BCUT2D eigenvalue weighted by Crippen LogP contribution is -2.47. The molecule has 1 saturated heterocycles. The Balaban J connectivity index is 1.53. The second-order valence-corrected chi connectivity index (χ2v) is 8.15. The maximum Gasteiger partial charge on any atom is 0.308 e. The molecule has 31 heavy (non-hydrogen) atoms. The molecule has 2 heterocycles. The second kappa shape index (κ2) is 8.94. The zero-order valence-corrected chi connectivity index (χ0v) is 17.9. The summed E-state index contributed by atoms with van der Waals surface area (Å²) in [6, 6.07) is 15.1. The number of hydrogen-bond donors (Lipinski definition) is 1. The van der Waals surface area contributed by atoms with Gasteiger partial charge >= 0.3 is 5.97 Å².